The zero-order valence-corrected chi connectivity index (χ0v) is 13.3. The van der Waals surface area contributed by atoms with Crippen LogP contribution in [0.15, 0.2) is 6.07 Å². The number of ether oxygens (including phenoxy) is 1. The van der Waals surface area contributed by atoms with Gasteiger partial charge in [0.2, 0.25) is 0 Å². The lowest BCUT2D eigenvalue weighted by molar-refractivity contribution is 0.181. The average molecular weight is 280 g/mol. The van der Waals surface area contributed by atoms with Gasteiger partial charge in [-0.15, -0.1) is 0 Å². The molecule has 0 unspecified atom stereocenters. The zero-order valence-electron chi connectivity index (χ0n) is 13.3. The molecule has 1 rings (SSSR count). The van der Waals surface area contributed by atoms with Crippen molar-refractivity contribution in [3.8, 4) is 0 Å². The molecule has 0 amide bonds. The summed E-state index contributed by atoms with van der Waals surface area (Å²) < 4.78 is 5.18. The van der Waals surface area contributed by atoms with Gasteiger partial charge in [-0.1, -0.05) is 20.8 Å². The molecule has 0 atom stereocenters. The second-order valence-corrected chi connectivity index (χ2v) is 4.80. The maximum atomic E-state index is 5.18. The number of hydrogen-bond acceptors (Lipinski definition) is 5. The summed E-state index contributed by atoms with van der Waals surface area (Å²) >= 11 is 0. The first kappa shape index (κ1) is 16.9. The molecule has 20 heavy (non-hydrogen) atoms. The van der Waals surface area contributed by atoms with E-state index in [0.29, 0.717) is 6.61 Å². The second-order valence-electron chi connectivity index (χ2n) is 4.80. The first-order chi connectivity index (χ1) is 9.73. The van der Waals surface area contributed by atoms with Crippen LogP contribution in [0.1, 0.15) is 38.7 Å². The van der Waals surface area contributed by atoms with E-state index in [9.17, 15) is 0 Å². The van der Waals surface area contributed by atoms with Crippen molar-refractivity contribution in [3.05, 3.63) is 17.6 Å². The van der Waals surface area contributed by atoms with Crippen LogP contribution in [0.25, 0.3) is 0 Å². The minimum absolute atomic E-state index is 0.529. The number of likely N-dealkylation sites (N-methyl/N-ethyl adjacent to an activating group) is 1. The molecule has 0 aliphatic heterocycles. The number of methoxy groups -OCH3 is 1. The summed E-state index contributed by atoms with van der Waals surface area (Å²) in [6.07, 6.45) is 1.96. The van der Waals surface area contributed by atoms with Crippen molar-refractivity contribution in [1.82, 2.24) is 14.9 Å². The van der Waals surface area contributed by atoms with Crippen LogP contribution in [0.2, 0.25) is 0 Å². The Balaban J connectivity index is 2.74. The van der Waals surface area contributed by atoms with Gasteiger partial charge in [-0.2, -0.15) is 0 Å². The Hall–Kier alpha value is -1.20. The summed E-state index contributed by atoms with van der Waals surface area (Å²) in [5.41, 5.74) is 0.940. The average Bonchev–Trinajstić information content (AvgIpc) is 2.46. The Morgan fingerprint density at radius 2 is 1.95 bits per heavy atom. The van der Waals surface area contributed by atoms with Crippen molar-refractivity contribution in [1.29, 1.82) is 0 Å². The van der Waals surface area contributed by atoms with Crippen LogP contribution in [0.5, 0.6) is 0 Å². The molecule has 1 N–H and O–H groups in total. The fraction of sp³-hybridized carbons (Fsp3) is 0.733. The summed E-state index contributed by atoms with van der Waals surface area (Å²) in [6.45, 7) is 11.1. The maximum Gasteiger partial charge on any atom is 0.132 e. The fourth-order valence-electron chi connectivity index (χ4n) is 2.03. The SMILES string of the molecule is CCCNc1cc(COC)nc(CCN(CC)CC)n1. The molecular weight excluding hydrogens is 252 g/mol. The largest absolute Gasteiger partial charge is 0.378 e. The van der Waals surface area contributed by atoms with Crippen molar-refractivity contribution in [3.63, 3.8) is 0 Å². The predicted octanol–water partition coefficient (Wildman–Crippen LogP) is 2.33. The molecule has 0 spiro atoms. The minimum Gasteiger partial charge on any atom is -0.378 e. The summed E-state index contributed by atoms with van der Waals surface area (Å²) in [7, 11) is 1.69. The predicted molar refractivity (Wildman–Crippen MR) is 83.0 cm³/mol. The first-order valence-electron chi connectivity index (χ1n) is 7.55. The molecule has 1 aromatic rings. The van der Waals surface area contributed by atoms with Crippen LogP contribution >= 0.6 is 0 Å². The molecule has 0 aliphatic carbocycles. The minimum atomic E-state index is 0.529. The van der Waals surface area contributed by atoms with Gasteiger partial charge < -0.3 is 15.0 Å². The molecule has 5 nitrogen and oxygen atoms in total. The van der Waals surface area contributed by atoms with Gasteiger partial charge in [0, 0.05) is 32.7 Å². The van der Waals surface area contributed by atoms with Gasteiger partial charge in [0.25, 0.3) is 0 Å². The molecule has 5 heteroatoms. The topological polar surface area (TPSA) is 50.3 Å². The highest BCUT2D eigenvalue weighted by Crippen LogP contribution is 2.09. The van der Waals surface area contributed by atoms with E-state index in [4.69, 9.17) is 4.74 Å². The van der Waals surface area contributed by atoms with E-state index in [-0.39, 0.29) is 0 Å². The Labute approximate surface area is 122 Å². The van der Waals surface area contributed by atoms with E-state index >= 15 is 0 Å². The third-order valence-corrected chi connectivity index (χ3v) is 3.22. The monoisotopic (exact) mass is 280 g/mol. The quantitative estimate of drug-likeness (QED) is 0.713. The Kier molecular flexibility index (Phi) is 8.14. The smallest absolute Gasteiger partial charge is 0.132 e. The van der Waals surface area contributed by atoms with Crippen molar-refractivity contribution < 1.29 is 4.74 Å². The standard InChI is InChI=1S/C15H28N4O/c1-5-9-16-15-11-13(12-20-4)17-14(18-15)8-10-19(6-2)7-3/h11H,5-10,12H2,1-4H3,(H,16,17,18). The molecule has 0 aliphatic rings. The lowest BCUT2D eigenvalue weighted by Crippen LogP contribution is -2.26. The maximum absolute atomic E-state index is 5.18. The van der Waals surface area contributed by atoms with E-state index < -0.39 is 0 Å². The van der Waals surface area contributed by atoms with E-state index in [2.05, 4.69) is 41.0 Å². The van der Waals surface area contributed by atoms with Crippen LogP contribution in [0, 0.1) is 0 Å². The third kappa shape index (κ3) is 5.84. The number of nitrogens with one attached hydrogen (secondary N) is 1. The Morgan fingerprint density at radius 1 is 1.20 bits per heavy atom. The number of aromatic nitrogens is 2. The van der Waals surface area contributed by atoms with Crippen LogP contribution in [0.4, 0.5) is 5.82 Å². The van der Waals surface area contributed by atoms with E-state index in [0.717, 1.165) is 56.4 Å². The summed E-state index contributed by atoms with van der Waals surface area (Å²) in [5.74, 6) is 1.80. The first-order valence-corrected chi connectivity index (χ1v) is 7.55. The molecular formula is C15H28N4O. The number of nitrogens with zero attached hydrogens (tertiary/aromatic N) is 3. The van der Waals surface area contributed by atoms with Gasteiger partial charge in [0.15, 0.2) is 0 Å². The highest BCUT2D eigenvalue weighted by atomic mass is 16.5. The van der Waals surface area contributed by atoms with Crippen LogP contribution in [-0.4, -0.2) is 48.2 Å². The number of rotatable bonds is 10. The molecule has 0 fully saturated rings. The van der Waals surface area contributed by atoms with Crippen molar-refractivity contribution in [2.45, 2.75) is 40.2 Å². The molecule has 114 valence electrons. The zero-order chi connectivity index (χ0) is 14.8. The lowest BCUT2D eigenvalue weighted by Gasteiger charge is -2.17. The number of anilines is 1. The Morgan fingerprint density at radius 3 is 2.55 bits per heavy atom. The van der Waals surface area contributed by atoms with Gasteiger partial charge in [0.05, 0.1) is 12.3 Å². The molecule has 0 aromatic carbocycles. The summed E-state index contributed by atoms with van der Waals surface area (Å²) in [6, 6.07) is 1.97. The van der Waals surface area contributed by atoms with Gasteiger partial charge in [-0.25, -0.2) is 9.97 Å². The van der Waals surface area contributed by atoms with Crippen molar-refractivity contribution >= 4 is 5.82 Å². The third-order valence-electron chi connectivity index (χ3n) is 3.22. The van der Waals surface area contributed by atoms with Crippen LogP contribution in [-0.2, 0) is 17.8 Å². The molecule has 0 saturated carbocycles. The second kappa shape index (κ2) is 9.66. The van der Waals surface area contributed by atoms with E-state index in [1.54, 1.807) is 7.11 Å². The lowest BCUT2D eigenvalue weighted by atomic mass is 10.3. The summed E-state index contributed by atoms with van der Waals surface area (Å²) in [5, 5.41) is 3.33. The van der Waals surface area contributed by atoms with Crippen LogP contribution < -0.4 is 5.32 Å². The van der Waals surface area contributed by atoms with Gasteiger partial charge in [0.1, 0.15) is 11.6 Å². The molecule has 0 saturated heterocycles. The molecule has 0 radical (unpaired) electrons. The molecule has 1 aromatic heterocycles. The van der Waals surface area contributed by atoms with Crippen LogP contribution in [0.3, 0.4) is 0 Å². The van der Waals surface area contributed by atoms with Gasteiger partial charge in [-0.3, -0.25) is 0 Å². The highest BCUT2D eigenvalue weighted by Gasteiger charge is 2.06. The van der Waals surface area contributed by atoms with Gasteiger partial charge in [-0.05, 0) is 19.5 Å². The molecule has 0 bridgehead atoms. The normalized spacial score (nSPS) is 11.1. The summed E-state index contributed by atoms with van der Waals surface area (Å²) in [4.78, 5) is 11.5. The van der Waals surface area contributed by atoms with Crippen molar-refractivity contribution in [2.75, 3.05) is 38.6 Å². The fourth-order valence-corrected chi connectivity index (χ4v) is 2.03. The van der Waals surface area contributed by atoms with E-state index in [1.807, 2.05) is 6.07 Å². The molecule has 1 heterocycles. The number of hydrogen-bond donors (Lipinski definition) is 1. The van der Waals surface area contributed by atoms with Crippen molar-refractivity contribution in [2.24, 2.45) is 0 Å². The highest BCUT2D eigenvalue weighted by molar-refractivity contribution is 5.35. The Bertz CT molecular complexity index is 380. The van der Waals surface area contributed by atoms with E-state index in [1.165, 1.54) is 0 Å². The van der Waals surface area contributed by atoms with Gasteiger partial charge >= 0.3 is 0 Å².